The third-order valence-corrected chi connectivity index (χ3v) is 5.86. The number of hydrogen-bond donors (Lipinski definition) is 1. The smallest absolute Gasteiger partial charge is 0.410 e. The van der Waals surface area contributed by atoms with Crippen molar-refractivity contribution < 1.29 is 23.2 Å². The number of thiol groups is 1. The van der Waals surface area contributed by atoms with Crippen LogP contribution >= 0.6 is 24.7 Å². The van der Waals surface area contributed by atoms with Crippen molar-refractivity contribution in [3.8, 4) is 0 Å². The highest BCUT2D eigenvalue weighted by Gasteiger charge is 2.28. The zero-order valence-electron chi connectivity index (χ0n) is 20.5. The molecule has 1 atom stereocenters. The molecule has 1 aromatic heterocycles. The highest BCUT2D eigenvalue weighted by atomic mass is 32.2. The van der Waals surface area contributed by atoms with E-state index in [0.29, 0.717) is 43.5 Å². The van der Waals surface area contributed by atoms with Crippen molar-refractivity contribution in [3.63, 3.8) is 0 Å². The molecule has 0 aliphatic carbocycles. The van der Waals surface area contributed by atoms with Gasteiger partial charge in [0.1, 0.15) is 24.9 Å². The lowest BCUT2D eigenvalue weighted by Crippen LogP contribution is -2.49. The molecule has 9 nitrogen and oxygen atoms in total. The first-order chi connectivity index (χ1) is 16.7. The first-order valence-corrected chi connectivity index (χ1v) is 12.9. The summed E-state index contributed by atoms with van der Waals surface area (Å²) in [5.41, 5.74) is 1.16. The molecular weight excluding hydrogens is 488 g/mol. The SMILES string of the molecule is CSOCC(OC(=O)S)c1cc(N2CCN(C(=O)OCc3ccccc3)CC2)nc(C(C)(C)C)n1. The molecule has 1 fully saturated rings. The van der Waals surface area contributed by atoms with Crippen LogP contribution in [0.4, 0.5) is 15.4 Å². The van der Waals surface area contributed by atoms with E-state index in [-0.39, 0.29) is 24.7 Å². The van der Waals surface area contributed by atoms with Gasteiger partial charge in [-0.05, 0) is 17.6 Å². The first-order valence-electron chi connectivity index (χ1n) is 11.3. The van der Waals surface area contributed by atoms with E-state index in [9.17, 15) is 9.59 Å². The van der Waals surface area contributed by atoms with Crippen molar-refractivity contribution in [2.24, 2.45) is 0 Å². The number of nitrogens with zero attached hydrogens (tertiary/aromatic N) is 4. The van der Waals surface area contributed by atoms with E-state index >= 15 is 0 Å². The average Bonchev–Trinajstić information content (AvgIpc) is 2.84. The molecule has 11 heteroatoms. The van der Waals surface area contributed by atoms with Crippen LogP contribution < -0.4 is 4.90 Å². The summed E-state index contributed by atoms with van der Waals surface area (Å²) in [7, 11) is 0. The van der Waals surface area contributed by atoms with Crippen LogP contribution in [0.1, 0.15) is 44.0 Å². The average molecular weight is 521 g/mol. The summed E-state index contributed by atoms with van der Waals surface area (Å²) in [4.78, 5) is 37.4. The fourth-order valence-corrected chi connectivity index (χ4v) is 3.86. The molecule has 35 heavy (non-hydrogen) atoms. The van der Waals surface area contributed by atoms with Gasteiger partial charge >= 0.3 is 11.4 Å². The Morgan fingerprint density at radius 1 is 1.11 bits per heavy atom. The Hall–Kier alpha value is -2.50. The van der Waals surface area contributed by atoms with Gasteiger partial charge in [-0.3, -0.25) is 0 Å². The maximum atomic E-state index is 12.5. The summed E-state index contributed by atoms with van der Waals surface area (Å²) in [5, 5.41) is -0.709. The van der Waals surface area contributed by atoms with Crippen LogP contribution in [0.3, 0.4) is 0 Å². The van der Waals surface area contributed by atoms with Crippen LogP contribution in [0, 0.1) is 0 Å². The van der Waals surface area contributed by atoms with Crippen LogP contribution in [-0.4, -0.2) is 65.3 Å². The second-order valence-corrected chi connectivity index (χ2v) is 10.00. The van der Waals surface area contributed by atoms with Gasteiger partial charge in [0.05, 0.1) is 5.69 Å². The molecule has 1 aliphatic heterocycles. The van der Waals surface area contributed by atoms with Gasteiger partial charge in [-0.25, -0.2) is 19.6 Å². The Morgan fingerprint density at radius 3 is 2.40 bits per heavy atom. The molecule has 0 spiro atoms. The number of aromatic nitrogens is 2. The quantitative estimate of drug-likeness (QED) is 0.304. The van der Waals surface area contributed by atoms with Gasteiger partial charge in [-0.2, -0.15) is 0 Å². The topological polar surface area (TPSA) is 94.1 Å². The Labute approximate surface area is 216 Å². The molecule has 1 aromatic carbocycles. The molecule has 0 radical (unpaired) electrons. The van der Waals surface area contributed by atoms with Gasteiger partial charge in [0, 0.05) is 43.9 Å². The number of anilines is 1. The lowest BCUT2D eigenvalue weighted by molar-refractivity contribution is 0.0880. The van der Waals surface area contributed by atoms with Crippen molar-refractivity contribution in [2.75, 3.05) is 43.9 Å². The van der Waals surface area contributed by atoms with Crippen molar-refractivity contribution in [3.05, 3.63) is 53.5 Å². The molecule has 0 bridgehead atoms. The molecular formula is C24H32N4O5S2. The summed E-state index contributed by atoms with van der Waals surface area (Å²) in [6, 6.07) is 11.4. The van der Waals surface area contributed by atoms with Gasteiger partial charge in [0.25, 0.3) is 0 Å². The van der Waals surface area contributed by atoms with Crippen molar-refractivity contribution in [1.82, 2.24) is 14.9 Å². The summed E-state index contributed by atoms with van der Waals surface area (Å²) in [6.45, 7) is 8.61. The number of carbonyl (C=O) groups is 2. The standard InChI is InChI=1S/C24H32N4O5S2/c1-24(2,3)21-25-18(19(16-32-35-4)33-23(30)34)14-20(26-21)27-10-12-28(13-11-27)22(29)31-15-17-8-6-5-7-9-17/h5-9,14,19H,10-13,15-16H2,1-4H3,(H,30,34). The Balaban J connectivity index is 1.72. The van der Waals surface area contributed by atoms with Crippen molar-refractivity contribution in [2.45, 2.75) is 38.9 Å². The molecule has 190 valence electrons. The Kier molecular flexibility index (Phi) is 9.64. The van der Waals surface area contributed by atoms with Crippen LogP contribution in [0.25, 0.3) is 0 Å². The number of piperazine rings is 1. The monoisotopic (exact) mass is 520 g/mol. The minimum Gasteiger partial charge on any atom is -0.445 e. The fraction of sp³-hybridized carbons (Fsp3) is 0.500. The number of hydrogen-bond acceptors (Lipinski definition) is 9. The number of benzene rings is 1. The van der Waals surface area contributed by atoms with Gasteiger partial charge in [-0.1, -0.05) is 63.7 Å². The van der Waals surface area contributed by atoms with E-state index < -0.39 is 11.4 Å². The number of ether oxygens (including phenoxy) is 2. The van der Waals surface area contributed by atoms with E-state index in [0.717, 1.165) is 5.56 Å². The maximum absolute atomic E-state index is 12.5. The molecule has 2 heterocycles. The third-order valence-electron chi connectivity index (χ3n) is 5.38. The minimum absolute atomic E-state index is 0.133. The maximum Gasteiger partial charge on any atom is 0.410 e. The van der Waals surface area contributed by atoms with E-state index in [4.69, 9.17) is 18.6 Å². The summed E-state index contributed by atoms with van der Waals surface area (Å²) < 4.78 is 16.3. The number of carbonyl (C=O) groups excluding carboxylic acids is 2. The summed E-state index contributed by atoms with van der Waals surface area (Å²) in [6.07, 6.45) is 0.738. The lowest BCUT2D eigenvalue weighted by atomic mass is 9.95. The van der Waals surface area contributed by atoms with Crippen molar-refractivity contribution in [1.29, 1.82) is 0 Å². The van der Waals surface area contributed by atoms with Crippen LogP contribution in [0.2, 0.25) is 0 Å². The predicted molar refractivity (Wildman–Crippen MR) is 139 cm³/mol. The molecule has 1 saturated heterocycles. The summed E-state index contributed by atoms with van der Waals surface area (Å²) in [5.74, 6) is 1.33. The van der Waals surface area contributed by atoms with Crippen LogP contribution in [-0.2, 0) is 25.7 Å². The van der Waals surface area contributed by atoms with Gasteiger partial charge in [0.15, 0.2) is 6.10 Å². The lowest BCUT2D eigenvalue weighted by Gasteiger charge is -2.35. The minimum atomic E-state index is -0.718. The predicted octanol–water partition coefficient (Wildman–Crippen LogP) is 4.64. The largest absolute Gasteiger partial charge is 0.445 e. The molecule has 3 rings (SSSR count). The molecule has 1 amide bonds. The molecule has 1 unspecified atom stereocenters. The van der Waals surface area contributed by atoms with Gasteiger partial charge in [0.2, 0.25) is 0 Å². The summed E-state index contributed by atoms with van der Waals surface area (Å²) >= 11 is 4.94. The molecule has 0 saturated carbocycles. The van der Waals surface area contributed by atoms with Gasteiger partial charge < -0.3 is 23.5 Å². The van der Waals surface area contributed by atoms with Crippen molar-refractivity contribution >= 4 is 41.9 Å². The van der Waals surface area contributed by atoms with E-state index in [1.807, 2.05) is 57.2 Å². The van der Waals surface area contributed by atoms with Gasteiger partial charge in [-0.15, -0.1) is 0 Å². The zero-order chi connectivity index (χ0) is 25.4. The second kappa shape index (κ2) is 12.5. The van der Waals surface area contributed by atoms with Crippen LogP contribution in [0.5, 0.6) is 0 Å². The zero-order valence-corrected chi connectivity index (χ0v) is 22.2. The number of amides is 1. The second-order valence-electron chi connectivity index (χ2n) is 9.06. The normalized spacial score (nSPS) is 15.0. The highest BCUT2D eigenvalue weighted by molar-refractivity contribution is 7.96. The van der Waals surface area contributed by atoms with E-state index in [1.165, 1.54) is 12.0 Å². The molecule has 2 aromatic rings. The van der Waals surface area contributed by atoms with E-state index in [2.05, 4.69) is 22.5 Å². The Morgan fingerprint density at radius 2 is 1.80 bits per heavy atom. The third kappa shape index (κ3) is 8.01. The first kappa shape index (κ1) is 27.1. The number of rotatable bonds is 8. The molecule has 1 aliphatic rings. The van der Waals surface area contributed by atoms with E-state index in [1.54, 1.807) is 11.2 Å². The fourth-order valence-electron chi connectivity index (χ4n) is 3.47. The van der Waals surface area contributed by atoms with Crippen LogP contribution in [0.15, 0.2) is 36.4 Å². The highest BCUT2D eigenvalue weighted by Crippen LogP contribution is 2.28. The Bertz CT molecular complexity index is 995. The molecule has 0 N–H and O–H groups in total.